The fraction of sp³-hybridized carbons (Fsp3) is 0.679. The third-order valence-corrected chi connectivity index (χ3v) is 8.91. The zero-order valence-corrected chi connectivity index (χ0v) is 20.3. The summed E-state index contributed by atoms with van der Waals surface area (Å²) in [7, 11) is 0. The molecule has 34 heavy (non-hydrogen) atoms. The smallest absolute Gasteiger partial charge is 0.234 e. The quantitative estimate of drug-likeness (QED) is 0.675. The Labute approximate surface area is 203 Å². The predicted octanol–water partition coefficient (Wildman–Crippen LogP) is 4.24. The number of benzene rings is 1. The van der Waals surface area contributed by atoms with Crippen LogP contribution in [-0.4, -0.2) is 48.8 Å². The van der Waals surface area contributed by atoms with Gasteiger partial charge in [-0.1, -0.05) is 31.4 Å². The number of carbonyl (C=O) groups is 3. The van der Waals surface area contributed by atoms with Gasteiger partial charge in [0.05, 0.1) is 5.92 Å². The first-order chi connectivity index (χ1) is 16.6. The van der Waals surface area contributed by atoms with E-state index in [1.54, 1.807) is 0 Å². The SMILES string of the molecule is O=C1CCC(c2ccc(N3CCC(C4CCN(C(=O)C5CCCCC5)CC4)CC3)cc2)C(=O)N1. The van der Waals surface area contributed by atoms with Gasteiger partial charge in [0.15, 0.2) is 0 Å². The average molecular weight is 466 g/mol. The highest BCUT2D eigenvalue weighted by molar-refractivity contribution is 6.00. The van der Waals surface area contributed by atoms with E-state index >= 15 is 0 Å². The minimum absolute atomic E-state index is 0.165. The van der Waals surface area contributed by atoms with Gasteiger partial charge in [-0.15, -0.1) is 0 Å². The van der Waals surface area contributed by atoms with Crippen molar-refractivity contribution >= 4 is 23.4 Å². The second kappa shape index (κ2) is 10.5. The Hall–Kier alpha value is -2.37. The molecule has 184 valence electrons. The molecule has 0 spiro atoms. The van der Waals surface area contributed by atoms with E-state index in [9.17, 15) is 14.4 Å². The largest absolute Gasteiger partial charge is 0.372 e. The molecule has 0 radical (unpaired) electrons. The minimum atomic E-state index is -0.214. The predicted molar refractivity (Wildman–Crippen MR) is 132 cm³/mol. The molecule has 1 aliphatic carbocycles. The van der Waals surface area contributed by atoms with Gasteiger partial charge in [0, 0.05) is 44.2 Å². The van der Waals surface area contributed by atoms with Gasteiger partial charge in [0.25, 0.3) is 0 Å². The van der Waals surface area contributed by atoms with E-state index in [0.29, 0.717) is 24.7 Å². The molecule has 6 nitrogen and oxygen atoms in total. The van der Waals surface area contributed by atoms with Crippen molar-refractivity contribution in [2.75, 3.05) is 31.1 Å². The molecule has 0 bridgehead atoms. The number of likely N-dealkylation sites (tertiary alicyclic amines) is 1. The maximum absolute atomic E-state index is 12.9. The Morgan fingerprint density at radius 3 is 2.00 bits per heavy atom. The Morgan fingerprint density at radius 2 is 1.38 bits per heavy atom. The number of hydrogen-bond donors (Lipinski definition) is 1. The molecule has 1 N–H and O–H groups in total. The van der Waals surface area contributed by atoms with Crippen molar-refractivity contribution in [2.45, 2.75) is 76.5 Å². The molecule has 3 aliphatic heterocycles. The number of amides is 3. The first kappa shape index (κ1) is 23.4. The third kappa shape index (κ3) is 5.16. The fourth-order valence-corrected chi connectivity index (χ4v) is 6.76. The summed E-state index contributed by atoms with van der Waals surface area (Å²) in [5.74, 6) is 1.72. The highest BCUT2D eigenvalue weighted by atomic mass is 16.2. The second-order valence-corrected chi connectivity index (χ2v) is 10.9. The monoisotopic (exact) mass is 465 g/mol. The number of piperidine rings is 3. The molecule has 1 aromatic rings. The zero-order valence-electron chi connectivity index (χ0n) is 20.3. The van der Waals surface area contributed by atoms with Gasteiger partial charge in [-0.2, -0.15) is 0 Å². The first-order valence-corrected chi connectivity index (χ1v) is 13.6. The highest BCUT2D eigenvalue weighted by Gasteiger charge is 2.33. The van der Waals surface area contributed by atoms with E-state index < -0.39 is 0 Å². The summed E-state index contributed by atoms with van der Waals surface area (Å²) in [6.07, 6.45) is 11.8. The summed E-state index contributed by atoms with van der Waals surface area (Å²) < 4.78 is 0. The van der Waals surface area contributed by atoms with Crippen LogP contribution in [-0.2, 0) is 14.4 Å². The molecular weight excluding hydrogens is 426 g/mol. The average Bonchev–Trinajstić information content (AvgIpc) is 2.89. The number of carbonyl (C=O) groups excluding carboxylic acids is 3. The van der Waals surface area contributed by atoms with Crippen LogP contribution in [0.3, 0.4) is 0 Å². The number of anilines is 1. The maximum Gasteiger partial charge on any atom is 0.234 e. The summed E-state index contributed by atoms with van der Waals surface area (Å²) >= 11 is 0. The highest BCUT2D eigenvalue weighted by Crippen LogP contribution is 2.35. The summed E-state index contributed by atoms with van der Waals surface area (Å²) in [6.45, 7) is 4.07. The van der Waals surface area contributed by atoms with Gasteiger partial charge < -0.3 is 9.80 Å². The van der Waals surface area contributed by atoms with Gasteiger partial charge >= 0.3 is 0 Å². The number of nitrogens with zero attached hydrogens (tertiary/aromatic N) is 2. The number of nitrogens with one attached hydrogen (secondary N) is 1. The van der Waals surface area contributed by atoms with Crippen LogP contribution >= 0.6 is 0 Å². The van der Waals surface area contributed by atoms with Crippen molar-refractivity contribution in [3.8, 4) is 0 Å². The molecular formula is C28H39N3O3. The van der Waals surface area contributed by atoms with Crippen LogP contribution < -0.4 is 10.2 Å². The van der Waals surface area contributed by atoms with Gasteiger partial charge in [-0.3, -0.25) is 19.7 Å². The molecule has 3 saturated heterocycles. The lowest BCUT2D eigenvalue weighted by Crippen LogP contribution is -2.45. The van der Waals surface area contributed by atoms with Crippen LogP contribution in [0.15, 0.2) is 24.3 Å². The standard InChI is InChI=1S/C28H39N3O3/c32-26-11-10-25(27(33)29-26)22-6-8-24(9-7-22)30-16-12-20(13-17-30)21-14-18-31(19-15-21)28(34)23-4-2-1-3-5-23/h6-9,20-21,23,25H,1-5,10-19H2,(H,29,32,33). The number of imide groups is 1. The van der Waals surface area contributed by atoms with Gasteiger partial charge in [0.1, 0.15) is 0 Å². The van der Waals surface area contributed by atoms with Crippen molar-refractivity contribution in [2.24, 2.45) is 17.8 Å². The van der Waals surface area contributed by atoms with E-state index in [1.165, 1.54) is 50.6 Å². The van der Waals surface area contributed by atoms with Crippen molar-refractivity contribution in [3.05, 3.63) is 29.8 Å². The Kier molecular flexibility index (Phi) is 7.21. The van der Waals surface area contributed by atoms with Crippen molar-refractivity contribution in [1.82, 2.24) is 10.2 Å². The molecule has 1 atom stereocenters. The van der Waals surface area contributed by atoms with Crippen LogP contribution in [0.2, 0.25) is 0 Å². The van der Waals surface area contributed by atoms with Crippen molar-refractivity contribution < 1.29 is 14.4 Å². The van der Waals surface area contributed by atoms with Crippen molar-refractivity contribution in [3.63, 3.8) is 0 Å². The molecule has 0 aromatic heterocycles. The Morgan fingerprint density at radius 1 is 0.765 bits per heavy atom. The van der Waals surface area contributed by atoms with Crippen LogP contribution in [0, 0.1) is 17.8 Å². The van der Waals surface area contributed by atoms with E-state index in [1.807, 2.05) is 0 Å². The van der Waals surface area contributed by atoms with Crippen molar-refractivity contribution in [1.29, 1.82) is 0 Å². The molecule has 6 heteroatoms. The minimum Gasteiger partial charge on any atom is -0.372 e. The lowest BCUT2D eigenvalue weighted by atomic mass is 9.78. The zero-order chi connectivity index (χ0) is 23.5. The molecule has 5 rings (SSSR count). The van der Waals surface area contributed by atoms with Crippen LogP contribution in [0.4, 0.5) is 5.69 Å². The first-order valence-electron chi connectivity index (χ1n) is 13.6. The lowest BCUT2D eigenvalue weighted by molar-refractivity contribution is -0.138. The molecule has 4 fully saturated rings. The van der Waals surface area contributed by atoms with Crippen LogP contribution in [0.1, 0.15) is 82.1 Å². The molecule has 3 heterocycles. The Bertz CT molecular complexity index is 877. The summed E-state index contributed by atoms with van der Waals surface area (Å²) in [5, 5.41) is 2.46. The molecule has 4 aliphatic rings. The van der Waals surface area contributed by atoms with Crippen LogP contribution in [0.25, 0.3) is 0 Å². The number of rotatable bonds is 4. The van der Waals surface area contributed by atoms with E-state index in [2.05, 4.69) is 39.4 Å². The summed E-state index contributed by atoms with van der Waals surface area (Å²) in [4.78, 5) is 41.1. The topological polar surface area (TPSA) is 69.7 Å². The molecule has 1 saturated carbocycles. The molecule has 3 amide bonds. The summed E-state index contributed by atoms with van der Waals surface area (Å²) in [6, 6.07) is 8.38. The van der Waals surface area contributed by atoms with Crippen LogP contribution in [0.5, 0.6) is 0 Å². The van der Waals surface area contributed by atoms with Gasteiger partial charge in [-0.25, -0.2) is 0 Å². The summed E-state index contributed by atoms with van der Waals surface area (Å²) in [5.41, 5.74) is 2.22. The Balaban J connectivity index is 1.08. The molecule has 1 aromatic carbocycles. The van der Waals surface area contributed by atoms with E-state index in [-0.39, 0.29) is 17.7 Å². The molecule has 1 unspecified atom stereocenters. The number of hydrogen-bond acceptors (Lipinski definition) is 4. The normalized spacial score (nSPS) is 25.9. The third-order valence-electron chi connectivity index (χ3n) is 8.91. The van der Waals surface area contributed by atoms with Gasteiger partial charge in [0.2, 0.25) is 17.7 Å². The second-order valence-electron chi connectivity index (χ2n) is 10.9. The van der Waals surface area contributed by atoms with E-state index in [0.717, 1.165) is 56.4 Å². The van der Waals surface area contributed by atoms with E-state index in [4.69, 9.17) is 0 Å². The lowest BCUT2D eigenvalue weighted by Gasteiger charge is -2.41. The maximum atomic E-state index is 12.9. The fourth-order valence-electron chi connectivity index (χ4n) is 6.76. The van der Waals surface area contributed by atoms with Gasteiger partial charge in [-0.05, 0) is 74.5 Å².